The molecule has 0 bridgehead atoms. The molecule has 4 heteroatoms. The van der Waals surface area contributed by atoms with Crippen molar-refractivity contribution in [3.8, 4) is 11.5 Å². The molecule has 4 rings (SSSR count). The Morgan fingerprint density at radius 2 is 1.71 bits per heavy atom. The number of ether oxygens (including phenoxy) is 3. The summed E-state index contributed by atoms with van der Waals surface area (Å²) >= 11 is 0. The van der Waals surface area contributed by atoms with Crippen molar-refractivity contribution >= 4 is 5.57 Å². The van der Waals surface area contributed by atoms with Gasteiger partial charge in [-0.05, 0) is 98.0 Å². The number of pyridine rings is 1. The first kappa shape index (κ1) is 24.0. The fraction of sp³-hybridized carbons (Fsp3) is 0.367. The van der Waals surface area contributed by atoms with Crippen LogP contribution in [-0.4, -0.2) is 18.9 Å². The number of hydrogen-bond donors (Lipinski definition) is 0. The highest BCUT2D eigenvalue weighted by molar-refractivity contribution is 5.68. The number of rotatable bonds is 9. The molecule has 0 saturated carbocycles. The van der Waals surface area contributed by atoms with Crippen molar-refractivity contribution in [2.45, 2.75) is 59.5 Å². The maximum atomic E-state index is 6.19. The molecule has 1 heterocycles. The second-order valence-corrected chi connectivity index (χ2v) is 9.05. The van der Waals surface area contributed by atoms with Gasteiger partial charge in [0.05, 0.1) is 0 Å². The van der Waals surface area contributed by atoms with E-state index in [1.807, 2.05) is 24.3 Å². The van der Waals surface area contributed by atoms with Crippen molar-refractivity contribution in [3.05, 3.63) is 93.8 Å². The molecule has 0 saturated heterocycles. The maximum absolute atomic E-state index is 6.19. The Balaban J connectivity index is 1.59. The van der Waals surface area contributed by atoms with E-state index in [1.165, 1.54) is 46.2 Å². The smallest absolute Gasteiger partial charge is 0.188 e. The highest BCUT2D eigenvalue weighted by atomic mass is 16.7. The van der Waals surface area contributed by atoms with E-state index in [2.05, 4.69) is 51.1 Å². The molecule has 0 N–H and O–H groups in total. The number of aryl methyl sites for hydroxylation is 1. The van der Waals surface area contributed by atoms with Gasteiger partial charge in [0.15, 0.2) is 6.79 Å². The van der Waals surface area contributed by atoms with Crippen LogP contribution < -0.4 is 9.47 Å². The van der Waals surface area contributed by atoms with Crippen LogP contribution in [0.15, 0.2) is 54.6 Å². The number of hydrogen-bond acceptors (Lipinski definition) is 4. The molecule has 178 valence electrons. The van der Waals surface area contributed by atoms with E-state index in [1.54, 1.807) is 7.11 Å². The summed E-state index contributed by atoms with van der Waals surface area (Å²) in [7, 11) is 1.64. The minimum atomic E-state index is 0.225. The highest BCUT2D eigenvalue weighted by Crippen LogP contribution is 2.34. The zero-order valence-electron chi connectivity index (χ0n) is 20.8. The van der Waals surface area contributed by atoms with Gasteiger partial charge in [-0.25, -0.2) is 4.98 Å². The lowest BCUT2D eigenvalue weighted by atomic mass is 9.93. The lowest BCUT2D eigenvalue weighted by molar-refractivity contribution is 0.0506. The molecule has 4 nitrogen and oxygen atoms in total. The number of benzene rings is 2. The number of methoxy groups -OCH3 is 1. The van der Waals surface area contributed by atoms with Gasteiger partial charge in [-0.15, -0.1) is 0 Å². The summed E-state index contributed by atoms with van der Waals surface area (Å²) in [6.45, 7) is 7.30. The van der Waals surface area contributed by atoms with Crippen molar-refractivity contribution in [2.75, 3.05) is 13.9 Å². The number of nitrogens with zero attached hydrogens (tertiary/aromatic N) is 1. The molecule has 1 aliphatic rings. The third kappa shape index (κ3) is 5.68. The molecule has 1 aliphatic carbocycles. The minimum absolute atomic E-state index is 0.225. The van der Waals surface area contributed by atoms with Crippen LogP contribution in [0.2, 0.25) is 0 Å². The summed E-state index contributed by atoms with van der Waals surface area (Å²) in [6.07, 6.45) is 7.69. The Hall–Kier alpha value is -3.11. The van der Waals surface area contributed by atoms with Crippen LogP contribution in [0.1, 0.15) is 64.9 Å². The van der Waals surface area contributed by atoms with Crippen molar-refractivity contribution < 1.29 is 14.2 Å². The quantitative estimate of drug-likeness (QED) is 0.321. The Morgan fingerprint density at radius 3 is 2.44 bits per heavy atom. The maximum Gasteiger partial charge on any atom is 0.188 e. The molecule has 0 atom stereocenters. The predicted molar refractivity (Wildman–Crippen MR) is 137 cm³/mol. The van der Waals surface area contributed by atoms with E-state index in [9.17, 15) is 0 Å². The van der Waals surface area contributed by atoms with E-state index in [4.69, 9.17) is 19.2 Å². The van der Waals surface area contributed by atoms with Gasteiger partial charge in [0.25, 0.3) is 0 Å². The van der Waals surface area contributed by atoms with E-state index >= 15 is 0 Å². The van der Waals surface area contributed by atoms with Crippen LogP contribution in [0.5, 0.6) is 11.5 Å². The van der Waals surface area contributed by atoms with E-state index in [-0.39, 0.29) is 6.79 Å². The van der Waals surface area contributed by atoms with Crippen LogP contribution in [-0.2, 0) is 17.8 Å². The summed E-state index contributed by atoms with van der Waals surface area (Å²) in [4.78, 5) is 5.07. The molecule has 2 aromatic carbocycles. The average molecular weight is 458 g/mol. The van der Waals surface area contributed by atoms with Crippen molar-refractivity contribution in [2.24, 2.45) is 0 Å². The topological polar surface area (TPSA) is 40.6 Å². The van der Waals surface area contributed by atoms with E-state index < -0.39 is 0 Å². The van der Waals surface area contributed by atoms with Crippen molar-refractivity contribution in [1.29, 1.82) is 0 Å². The monoisotopic (exact) mass is 457 g/mol. The summed E-state index contributed by atoms with van der Waals surface area (Å²) in [6, 6.07) is 16.6. The Bertz CT molecular complexity index is 1150. The van der Waals surface area contributed by atoms with E-state index in [0.717, 1.165) is 42.1 Å². The van der Waals surface area contributed by atoms with Gasteiger partial charge in [-0.3, -0.25) is 0 Å². The molecule has 0 amide bonds. The summed E-state index contributed by atoms with van der Waals surface area (Å²) in [5, 5.41) is 0. The third-order valence-corrected chi connectivity index (χ3v) is 6.65. The predicted octanol–water partition coefficient (Wildman–Crippen LogP) is 7.12. The molecular formula is C30H35NO3. The molecular weight excluding hydrogens is 422 g/mol. The van der Waals surface area contributed by atoms with Crippen molar-refractivity contribution in [1.82, 2.24) is 4.98 Å². The first-order valence-corrected chi connectivity index (χ1v) is 12.1. The van der Waals surface area contributed by atoms with Crippen LogP contribution in [0.4, 0.5) is 0 Å². The fourth-order valence-corrected chi connectivity index (χ4v) is 4.54. The standard InChI is InChI=1S/C30H35NO3/c1-21-17-29(33-19-24-11-7-5-8-12-24)23(3)22(2)27(21)18-26-15-16-28(34-20-32-4)30(31-26)25-13-9-6-10-14-25/h5,7-8,11-13,15-17H,6,9-10,14,18-20H2,1-4H3. The zero-order chi connectivity index (χ0) is 23.9. The molecule has 0 unspecified atom stereocenters. The fourth-order valence-electron chi connectivity index (χ4n) is 4.54. The Kier molecular flexibility index (Phi) is 8.02. The second-order valence-electron chi connectivity index (χ2n) is 9.05. The zero-order valence-corrected chi connectivity index (χ0v) is 20.8. The molecule has 1 aromatic heterocycles. The Labute approximate surface area is 203 Å². The number of allylic oxidation sites excluding steroid dienone is 2. The largest absolute Gasteiger partial charge is 0.489 e. The number of aromatic nitrogens is 1. The van der Waals surface area contributed by atoms with E-state index in [0.29, 0.717) is 6.61 Å². The van der Waals surface area contributed by atoms with Gasteiger partial charge in [-0.1, -0.05) is 36.4 Å². The molecule has 3 aromatic rings. The van der Waals surface area contributed by atoms with Crippen LogP contribution in [0, 0.1) is 20.8 Å². The van der Waals surface area contributed by atoms with Crippen LogP contribution in [0.25, 0.3) is 5.57 Å². The second kappa shape index (κ2) is 11.3. The van der Waals surface area contributed by atoms with Crippen LogP contribution in [0.3, 0.4) is 0 Å². The molecule has 0 radical (unpaired) electrons. The van der Waals surface area contributed by atoms with Gasteiger partial charge in [0.2, 0.25) is 0 Å². The van der Waals surface area contributed by atoms with Crippen LogP contribution >= 0.6 is 0 Å². The average Bonchev–Trinajstić information content (AvgIpc) is 2.88. The minimum Gasteiger partial charge on any atom is -0.489 e. The molecule has 0 aliphatic heterocycles. The van der Waals surface area contributed by atoms with Gasteiger partial charge in [0.1, 0.15) is 23.8 Å². The van der Waals surface area contributed by atoms with Crippen molar-refractivity contribution in [3.63, 3.8) is 0 Å². The normalized spacial score (nSPS) is 13.5. The summed E-state index contributed by atoms with van der Waals surface area (Å²) in [5.74, 6) is 1.75. The lowest BCUT2D eigenvalue weighted by Crippen LogP contribution is -2.07. The Morgan fingerprint density at radius 1 is 0.882 bits per heavy atom. The SMILES string of the molecule is COCOc1ccc(Cc2c(C)cc(OCc3ccccc3)c(C)c2C)nc1C1=CCCCC1. The van der Waals surface area contributed by atoms with Gasteiger partial charge in [0, 0.05) is 19.2 Å². The summed E-state index contributed by atoms with van der Waals surface area (Å²) in [5.41, 5.74) is 9.46. The molecule has 34 heavy (non-hydrogen) atoms. The van der Waals surface area contributed by atoms with Gasteiger partial charge < -0.3 is 14.2 Å². The highest BCUT2D eigenvalue weighted by Gasteiger charge is 2.17. The summed E-state index contributed by atoms with van der Waals surface area (Å²) < 4.78 is 17.2. The van der Waals surface area contributed by atoms with Gasteiger partial charge in [-0.2, -0.15) is 0 Å². The van der Waals surface area contributed by atoms with Gasteiger partial charge >= 0.3 is 0 Å². The first-order chi connectivity index (χ1) is 16.6. The molecule has 0 fully saturated rings. The molecule has 0 spiro atoms. The third-order valence-electron chi connectivity index (χ3n) is 6.65. The lowest BCUT2D eigenvalue weighted by Gasteiger charge is -2.19. The first-order valence-electron chi connectivity index (χ1n) is 12.1.